The van der Waals surface area contributed by atoms with Gasteiger partial charge in [0.15, 0.2) is 11.5 Å². The van der Waals surface area contributed by atoms with Crippen molar-refractivity contribution in [2.45, 2.75) is 18.1 Å². The predicted octanol–water partition coefficient (Wildman–Crippen LogP) is 3.66. The van der Waals surface area contributed by atoms with Gasteiger partial charge >= 0.3 is 0 Å². The van der Waals surface area contributed by atoms with E-state index in [9.17, 15) is 13.2 Å². The zero-order chi connectivity index (χ0) is 22.6. The van der Waals surface area contributed by atoms with Crippen molar-refractivity contribution in [3.8, 4) is 11.5 Å². The standard InChI is InChI=1S/C21H25ClN2O5S2/c1-4-29-18-14-16(13-17(22)21(18)28-3)6-7-19(25)23-9-11-24(12-10-23)31(26,27)20-8-5-15(2)30-20/h5-8,13-14H,4,9-12H2,1-3H3/b7-6+. The van der Waals surface area contributed by atoms with E-state index in [2.05, 4.69) is 0 Å². The second kappa shape index (κ2) is 10.0. The quantitative estimate of drug-likeness (QED) is 0.560. The number of rotatable bonds is 7. The topological polar surface area (TPSA) is 76.2 Å². The van der Waals surface area contributed by atoms with Crippen LogP contribution >= 0.6 is 22.9 Å². The largest absolute Gasteiger partial charge is 0.491 e. The number of aryl methyl sites for hydroxylation is 1. The molecular formula is C21H25ClN2O5S2. The fourth-order valence-electron chi connectivity index (χ4n) is 3.24. The summed E-state index contributed by atoms with van der Waals surface area (Å²) in [5.41, 5.74) is 0.705. The molecule has 31 heavy (non-hydrogen) atoms. The number of ether oxygens (including phenoxy) is 2. The molecule has 1 aliphatic rings. The molecule has 0 aliphatic carbocycles. The van der Waals surface area contributed by atoms with Crippen LogP contribution in [0.25, 0.3) is 6.08 Å². The minimum absolute atomic E-state index is 0.186. The second-order valence-electron chi connectivity index (χ2n) is 6.89. The number of benzene rings is 1. The van der Waals surface area contributed by atoms with Crippen molar-refractivity contribution in [1.82, 2.24) is 9.21 Å². The molecule has 2 heterocycles. The fourth-order valence-corrected chi connectivity index (χ4v) is 6.40. The molecule has 3 rings (SSSR count). The van der Waals surface area contributed by atoms with Crippen LogP contribution in [-0.2, 0) is 14.8 Å². The Bertz CT molecular complexity index is 1070. The van der Waals surface area contributed by atoms with Crippen LogP contribution in [0.4, 0.5) is 0 Å². The van der Waals surface area contributed by atoms with Crippen molar-refractivity contribution in [2.24, 2.45) is 0 Å². The van der Waals surface area contributed by atoms with Gasteiger partial charge in [-0.3, -0.25) is 4.79 Å². The van der Waals surface area contributed by atoms with Crippen LogP contribution in [0.1, 0.15) is 17.4 Å². The van der Waals surface area contributed by atoms with Crippen LogP contribution in [0.3, 0.4) is 0 Å². The Labute approximate surface area is 191 Å². The smallest absolute Gasteiger partial charge is 0.252 e. The predicted molar refractivity (Wildman–Crippen MR) is 123 cm³/mol. The van der Waals surface area contributed by atoms with Gasteiger partial charge in [-0.15, -0.1) is 11.3 Å². The molecule has 0 atom stereocenters. The average Bonchev–Trinajstić information content (AvgIpc) is 3.19. The normalized spacial score (nSPS) is 15.4. The highest BCUT2D eigenvalue weighted by atomic mass is 35.5. The number of sulfonamides is 1. The molecule has 1 fully saturated rings. The summed E-state index contributed by atoms with van der Waals surface area (Å²) in [6, 6.07) is 6.88. The van der Waals surface area contributed by atoms with Crippen LogP contribution in [0, 0.1) is 6.92 Å². The lowest BCUT2D eigenvalue weighted by atomic mass is 10.1. The van der Waals surface area contributed by atoms with Crippen LogP contribution < -0.4 is 9.47 Å². The van der Waals surface area contributed by atoms with Gasteiger partial charge in [-0.25, -0.2) is 8.42 Å². The molecule has 1 saturated heterocycles. The molecule has 0 spiro atoms. The van der Waals surface area contributed by atoms with Crippen LogP contribution in [0.5, 0.6) is 11.5 Å². The van der Waals surface area contributed by atoms with Gasteiger partial charge in [-0.1, -0.05) is 11.6 Å². The van der Waals surface area contributed by atoms with Gasteiger partial charge in [-0.05, 0) is 49.8 Å². The summed E-state index contributed by atoms with van der Waals surface area (Å²) in [4.78, 5) is 15.2. The lowest BCUT2D eigenvalue weighted by Gasteiger charge is -2.33. The van der Waals surface area contributed by atoms with Crippen molar-refractivity contribution in [2.75, 3.05) is 39.9 Å². The summed E-state index contributed by atoms with van der Waals surface area (Å²) in [5.74, 6) is 0.770. The van der Waals surface area contributed by atoms with Crippen molar-refractivity contribution in [3.05, 3.63) is 45.8 Å². The summed E-state index contributed by atoms with van der Waals surface area (Å²) < 4.78 is 38.1. The first-order chi connectivity index (χ1) is 14.8. The molecule has 0 radical (unpaired) electrons. The first kappa shape index (κ1) is 23.6. The lowest BCUT2D eigenvalue weighted by Crippen LogP contribution is -2.50. The summed E-state index contributed by atoms with van der Waals surface area (Å²) in [6.07, 6.45) is 3.12. The molecule has 0 unspecified atom stereocenters. The van der Waals surface area contributed by atoms with Gasteiger partial charge in [0.05, 0.1) is 18.7 Å². The minimum Gasteiger partial charge on any atom is -0.491 e. The van der Waals surface area contributed by atoms with Gasteiger partial charge in [0, 0.05) is 37.1 Å². The second-order valence-corrected chi connectivity index (χ2v) is 10.8. The lowest BCUT2D eigenvalue weighted by molar-refractivity contribution is -0.127. The van der Waals surface area contributed by atoms with E-state index >= 15 is 0 Å². The molecule has 168 valence electrons. The zero-order valence-corrected chi connectivity index (χ0v) is 20.0. The van der Waals surface area contributed by atoms with E-state index < -0.39 is 10.0 Å². The third-order valence-corrected chi connectivity index (χ3v) is 8.46. The molecule has 7 nitrogen and oxygen atoms in total. The number of hydrogen-bond acceptors (Lipinski definition) is 6. The molecule has 0 bridgehead atoms. The number of halogens is 1. The molecule has 0 N–H and O–H groups in total. The average molecular weight is 485 g/mol. The molecular weight excluding hydrogens is 460 g/mol. The summed E-state index contributed by atoms with van der Waals surface area (Å²) in [7, 11) is -2.00. The van der Waals surface area contributed by atoms with Gasteiger partial charge in [0.2, 0.25) is 5.91 Å². The van der Waals surface area contributed by atoms with Crippen LogP contribution in [0.15, 0.2) is 34.6 Å². The fraction of sp³-hybridized carbons (Fsp3) is 0.381. The minimum atomic E-state index is -3.51. The number of carbonyl (C=O) groups excluding carboxylic acids is 1. The summed E-state index contributed by atoms with van der Waals surface area (Å²) >= 11 is 7.51. The molecule has 1 aromatic carbocycles. The first-order valence-electron chi connectivity index (χ1n) is 9.80. The van der Waals surface area contributed by atoms with Crippen molar-refractivity contribution in [1.29, 1.82) is 0 Å². The number of methoxy groups -OCH3 is 1. The van der Waals surface area contributed by atoms with E-state index in [1.165, 1.54) is 28.8 Å². The number of amides is 1. The van der Waals surface area contributed by atoms with E-state index in [1.807, 2.05) is 13.8 Å². The van der Waals surface area contributed by atoms with E-state index in [4.69, 9.17) is 21.1 Å². The Morgan fingerprint density at radius 3 is 2.52 bits per heavy atom. The highest BCUT2D eigenvalue weighted by molar-refractivity contribution is 7.91. The zero-order valence-electron chi connectivity index (χ0n) is 17.6. The SMILES string of the molecule is CCOc1cc(/C=C/C(=O)N2CCN(S(=O)(=O)c3ccc(C)s3)CC2)cc(Cl)c1OC. The molecule has 1 aromatic heterocycles. The third kappa shape index (κ3) is 5.41. The number of carbonyl (C=O) groups is 1. The van der Waals surface area contributed by atoms with Crippen molar-refractivity contribution < 1.29 is 22.7 Å². The maximum absolute atomic E-state index is 12.7. The Morgan fingerprint density at radius 1 is 1.23 bits per heavy atom. The molecule has 0 saturated carbocycles. The Kier molecular flexibility index (Phi) is 7.64. The molecule has 2 aromatic rings. The summed E-state index contributed by atoms with van der Waals surface area (Å²) in [5, 5.41) is 0.392. The number of hydrogen-bond donors (Lipinski definition) is 0. The Hall–Kier alpha value is -2.07. The van der Waals surface area contributed by atoms with Gasteiger partial charge in [-0.2, -0.15) is 4.31 Å². The Morgan fingerprint density at radius 2 is 1.94 bits per heavy atom. The first-order valence-corrected chi connectivity index (χ1v) is 12.4. The van der Waals surface area contributed by atoms with Crippen molar-refractivity contribution in [3.63, 3.8) is 0 Å². The van der Waals surface area contributed by atoms with Gasteiger partial charge < -0.3 is 14.4 Å². The molecule has 1 amide bonds. The number of nitrogens with zero attached hydrogens (tertiary/aromatic N) is 2. The van der Waals surface area contributed by atoms with E-state index in [0.29, 0.717) is 46.0 Å². The van der Waals surface area contributed by atoms with Crippen LogP contribution in [-0.4, -0.2) is 63.4 Å². The Balaban J connectivity index is 1.64. The molecule has 1 aliphatic heterocycles. The molecule has 10 heteroatoms. The van der Waals surface area contributed by atoms with Crippen LogP contribution in [0.2, 0.25) is 5.02 Å². The monoisotopic (exact) mass is 484 g/mol. The third-order valence-electron chi connectivity index (χ3n) is 4.81. The van der Waals surface area contributed by atoms with E-state index in [-0.39, 0.29) is 19.0 Å². The van der Waals surface area contributed by atoms with Gasteiger partial charge in [0.1, 0.15) is 4.21 Å². The van der Waals surface area contributed by atoms with Crippen molar-refractivity contribution >= 4 is 44.9 Å². The van der Waals surface area contributed by atoms with E-state index in [0.717, 1.165) is 4.88 Å². The van der Waals surface area contributed by atoms with Gasteiger partial charge in [0.25, 0.3) is 10.0 Å². The summed E-state index contributed by atoms with van der Waals surface area (Å²) in [6.45, 7) is 5.39. The highest BCUT2D eigenvalue weighted by Crippen LogP contribution is 2.36. The highest BCUT2D eigenvalue weighted by Gasteiger charge is 2.30. The number of thiophene rings is 1. The van der Waals surface area contributed by atoms with E-state index in [1.54, 1.807) is 35.2 Å². The number of piperazine rings is 1. The maximum Gasteiger partial charge on any atom is 0.252 e. The maximum atomic E-state index is 12.7.